The maximum Gasteiger partial charge on any atom is 0.338 e. The third kappa shape index (κ3) is 11.5. The summed E-state index contributed by atoms with van der Waals surface area (Å²) in [4.78, 5) is 81.0. The molecule has 3 aliphatic rings. The Labute approximate surface area is 425 Å². The van der Waals surface area contributed by atoms with Gasteiger partial charge in [0, 0.05) is 6.92 Å². The molecule has 19 nitrogen and oxygen atoms in total. The summed E-state index contributed by atoms with van der Waals surface area (Å²) >= 11 is 0. The molecular formula is C55H54O19. The summed E-state index contributed by atoms with van der Waals surface area (Å²) in [6.45, 7) is 3.61. The van der Waals surface area contributed by atoms with Crippen molar-refractivity contribution in [1.82, 2.24) is 0 Å². The fraction of sp³-hybridized carbons (Fsp3) is 0.345. The van der Waals surface area contributed by atoms with Crippen molar-refractivity contribution in [3.8, 4) is 0 Å². The van der Waals surface area contributed by atoms with Gasteiger partial charge in [0.05, 0.1) is 34.4 Å². The average molecular weight is 1020 g/mol. The first-order valence-electron chi connectivity index (χ1n) is 23.6. The van der Waals surface area contributed by atoms with Gasteiger partial charge in [-0.3, -0.25) is 4.79 Å². The van der Waals surface area contributed by atoms with E-state index in [1.54, 1.807) is 91.0 Å². The molecule has 3 unspecified atom stereocenters. The quantitative estimate of drug-likeness (QED) is 0.0823. The zero-order chi connectivity index (χ0) is 52.6. The Kier molecular flexibility index (Phi) is 16.3. The standard InChI is InChI=1S/C55H54O19/c1-33(56)64-30-40-54(3,72-48(61)37-26-16-8-17-27-37)43(70-46(59)35-22-12-6-13-23-35)51(68-40)66-32-39-53(2,42(57)50(63)67-39)74-52-44(71-47(60)36-24-14-7-15-25-36)55(4,73-49(62)38-28-18-9-19-29-38)41(69-52)31-65-45(58)34-20-10-5-11-21-34/h5-29,39-44,50-52,57,63H,30-32H2,1-4H3/t39-,40-,41-,42?,43?,44?,50-,51+,52-,53-,54-,55-/m1/s1. The number of benzene rings is 5. The predicted molar refractivity (Wildman–Crippen MR) is 255 cm³/mol. The molecule has 3 saturated heterocycles. The number of esters is 6. The predicted octanol–water partition coefficient (Wildman–Crippen LogP) is 5.41. The molecule has 0 amide bonds. The summed E-state index contributed by atoms with van der Waals surface area (Å²) in [6.07, 6.45) is -14.8. The molecule has 19 heteroatoms. The van der Waals surface area contributed by atoms with Gasteiger partial charge >= 0.3 is 35.8 Å². The molecule has 3 fully saturated rings. The van der Waals surface area contributed by atoms with E-state index in [4.69, 9.17) is 52.1 Å². The van der Waals surface area contributed by atoms with Gasteiger partial charge in [0.2, 0.25) is 0 Å². The number of hydrogen-bond acceptors (Lipinski definition) is 19. The van der Waals surface area contributed by atoms with Crippen LogP contribution in [0.2, 0.25) is 0 Å². The van der Waals surface area contributed by atoms with E-state index in [0.717, 1.165) is 6.92 Å². The minimum Gasteiger partial charge on any atom is -0.463 e. The van der Waals surface area contributed by atoms with E-state index in [2.05, 4.69) is 0 Å². The first kappa shape index (κ1) is 52.9. The van der Waals surface area contributed by atoms with Crippen LogP contribution in [0.25, 0.3) is 0 Å². The van der Waals surface area contributed by atoms with Crippen molar-refractivity contribution in [2.24, 2.45) is 0 Å². The highest BCUT2D eigenvalue weighted by Gasteiger charge is 2.65. The summed E-state index contributed by atoms with van der Waals surface area (Å²) in [5.41, 5.74) is -5.37. The van der Waals surface area contributed by atoms with E-state index < -0.39 is 128 Å². The molecule has 3 heterocycles. The average Bonchev–Trinajstić information content (AvgIpc) is 3.92. The van der Waals surface area contributed by atoms with Crippen LogP contribution in [0.15, 0.2) is 152 Å². The van der Waals surface area contributed by atoms with Crippen LogP contribution >= 0.6 is 0 Å². The SMILES string of the molecule is CC(=O)OC[C@H]1O[C@H](OC[C@H]2O[C@@H](O)C(O)[C@]2(C)O[C@H]2O[C@H](COC(=O)c3ccccc3)[C@@](C)(OC(=O)c3ccccc3)C2OC(=O)c2ccccc2)C(OC(=O)c2ccccc2)[C@]1(C)OC(=O)c1ccccc1. The highest BCUT2D eigenvalue weighted by atomic mass is 16.8. The van der Waals surface area contributed by atoms with Crippen molar-refractivity contribution >= 4 is 35.8 Å². The summed E-state index contributed by atoms with van der Waals surface area (Å²) < 4.78 is 67.0. The number of rotatable bonds is 18. The van der Waals surface area contributed by atoms with Gasteiger partial charge in [0.15, 0.2) is 42.3 Å². The highest BCUT2D eigenvalue weighted by molar-refractivity contribution is 5.92. The summed E-state index contributed by atoms with van der Waals surface area (Å²) in [6, 6.07) is 39.7. The van der Waals surface area contributed by atoms with Crippen LogP contribution in [0.3, 0.4) is 0 Å². The van der Waals surface area contributed by atoms with Crippen molar-refractivity contribution in [2.45, 2.75) is 100.0 Å². The van der Waals surface area contributed by atoms with E-state index in [-0.39, 0.29) is 27.8 Å². The van der Waals surface area contributed by atoms with Crippen molar-refractivity contribution in [1.29, 1.82) is 0 Å². The Morgan fingerprint density at radius 1 is 0.446 bits per heavy atom. The largest absolute Gasteiger partial charge is 0.463 e. The lowest BCUT2D eigenvalue weighted by molar-refractivity contribution is -0.261. The molecule has 388 valence electrons. The molecule has 3 aliphatic heterocycles. The third-order valence-electron chi connectivity index (χ3n) is 13.0. The maximum absolute atomic E-state index is 14.0. The fourth-order valence-corrected chi connectivity index (χ4v) is 8.68. The molecule has 0 saturated carbocycles. The van der Waals surface area contributed by atoms with Crippen LogP contribution < -0.4 is 0 Å². The smallest absolute Gasteiger partial charge is 0.338 e. The van der Waals surface area contributed by atoms with Gasteiger partial charge < -0.3 is 62.3 Å². The lowest BCUT2D eigenvalue weighted by Gasteiger charge is -2.38. The Morgan fingerprint density at radius 3 is 1.22 bits per heavy atom. The fourth-order valence-electron chi connectivity index (χ4n) is 8.68. The normalized spacial score (nSPS) is 29.1. The minimum atomic E-state index is -2.09. The van der Waals surface area contributed by atoms with Crippen molar-refractivity contribution in [2.75, 3.05) is 19.8 Å². The first-order chi connectivity index (χ1) is 35.5. The van der Waals surface area contributed by atoms with Crippen LogP contribution in [-0.4, -0.2) is 138 Å². The van der Waals surface area contributed by atoms with Crippen molar-refractivity contribution in [3.05, 3.63) is 179 Å². The number of carbonyl (C=O) groups is 6. The maximum atomic E-state index is 14.0. The van der Waals surface area contributed by atoms with E-state index in [9.17, 15) is 39.0 Å². The van der Waals surface area contributed by atoms with Gasteiger partial charge in [-0.15, -0.1) is 0 Å². The molecule has 8 rings (SSSR count). The monoisotopic (exact) mass is 1020 g/mol. The molecule has 0 bridgehead atoms. The number of ether oxygens (including phenoxy) is 11. The molecule has 5 aromatic carbocycles. The molecular weight excluding hydrogens is 965 g/mol. The van der Waals surface area contributed by atoms with Gasteiger partial charge in [-0.05, 0) is 81.4 Å². The molecule has 5 aromatic rings. The zero-order valence-electron chi connectivity index (χ0n) is 40.6. The van der Waals surface area contributed by atoms with Gasteiger partial charge in [-0.1, -0.05) is 91.0 Å². The van der Waals surface area contributed by atoms with Crippen LogP contribution in [0.4, 0.5) is 0 Å². The minimum absolute atomic E-state index is 0.0895. The molecule has 0 aromatic heterocycles. The van der Waals surface area contributed by atoms with Gasteiger partial charge in [0.1, 0.15) is 43.2 Å². The summed E-state index contributed by atoms with van der Waals surface area (Å²) in [5.74, 6) is -4.95. The van der Waals surface area contributed by atoms with Crippen LogP contribution in [0, 0.1) is 0 Å². The van der Waals surface area contributed by atoms with E-state index in [1.807, 2.05) is 0 Å². The highest BCUT2D eigenvalue weighted by Crippen LogP contribution is 2.45. The first-order valence-corrected chi connectivity index (χ1v) is 23.6. The summed E-state index contributed by atoms with van der Waals surface area (Å²) in [5, 5.41) is 22.9. The van der Waals surface area contributed by atoms with Gasteiger partial charge in [-0.2, -0.15) is 0 Å². The lowest BCUT2D eigenvalue weighted by Crippen LogP contribution is -2.56. The number of hydrogen-bond donors (Lipinski definition) is 2. The Balaban J connectivity index is 1.12. The second kappa shape index (κ2) is 22.8. The van der Waals surface area contributed by atoms with E-state index >= 15 is 0 Å². The lowest BCUT2D eigenvalue weighted by atomic mass is 9.92. The second-order valence-corrected chi connectivity index (χ2v) is 18.1. The van der Waals surface area contributed by atoms with Crippen LogP contribution in [0.5, 0.6) is 0 Å². The molecule has 74 heavy (non-hydrogen) atoms. The molecule has 0 aliphatic carbocycles. The number of carbonyl (C=O) groups excluding carboxylic acids is 6. The van der Waals surface area contributed by atoms with Crippen molar-refractivity contribution < 1.29 is 91.1 Å². The van der Waals surface area contributed by atoms with Gasteiger partial charge in [-0.25, -0.2) is 24.0 Å². The number of aliphatic hydroxyl groups excluding tert-OH is 2. The summed E-state index contributed by atoms with van der Waals surface area (Å²) in [7, 11) is 0. The van der Waals surface area contributed by atoms with E-state index in [0.29, 0.717) is 0 Å². The molecule has 2 N–H and O–H groups in total. The van der Waals surface area contributed by atoms with E-state index in [1.165, 1.54) is 81.4 Å². The molecule has 12 atom stereocenters. The zero-order valence-corrected chi connectivity index (χ0v) is 40.6. The third-order valence-corrected chi connectivity index (χ3v) is 13.0. The Morgan fingerprint density at radius 2 is 0.797 bits per heavy atom. The number of aliphatic hydroxyl groups is 2. The Hall–Kier alpha value is -7.36. The molecule has 0 spiro atoms. The Bertz CT molecular complexity index is 2750. The van der Waals surface area contributed by atoms with Crippen molar-refractivity contribution in [3.63, 3.8) is 0 Å². The second-order valence-electron chi connectivity index (χ2n) is 18.1. The topological polar surface area (TPSA) is 244 Å². The molecule has 0 radical (unpaired) electrons. The van der Waals surface area contributed by atoms with Crippen LogP contribution in [-0.2, 0) is 56.9 Å². The van der Waals surface area contributed by atoms with Gasteiger partial charge in [0.25, 0.3) is 0 Å². The van der Waals surface area contributed by atoms with Crippen LogP contribution in [0.1, 0.15) is 79.5 Å².